The number of rotatable bonds is 4. The van der Waals surface area contributed by atoms with Gasteiger partial charge < -0.3 is 0 Å². The van der Waals surface area contributed by atoms with Crippen molar-refractivity contribution >= 4 is 0 Å². The van der Waals surface area contributed by atoms with Crippen LogP contribution >= 0.6 is 0 Å². The fourth-order valence-electron chi connectivity index (χ4n) is 2.71. The maximum absolute atomic E-state index is 8.79. The number of hydrogen-bond acceptors (Lipinski definition) is 2. The summed E-state index contributed by atoms with van der Waals surface area (Å²) in [7, 11) is 0. The van der Waals surface area contributed by atoms with Gasteiger partial charge in [-0.1, -0.05) is 36.9 Å². The standard InChI is InChI=1S/C16H20N2/c1-14(11-17)12-18-9-5-8-16(13-18)10-15-6-3-2-4-7-15/h2-4,6-7,16H,1,5,8-10,12-13H2. The minimum Gasteiger partial charge on any atom is -0.298 e. The molecule has 2 nitrogen and oxygen atoms in total. The summed E-state index contributed by atoms with van der Waals surface area (Å²) in [5.41, 5.74) is 2.10. The Kier molecular flexibility index (Phi) is 4.55. The monoisotopic (exact) mass is 240 g/mol. The van der Waals surface area contributed by atoms with Crippen LogP contribution in [0.4, 0.5) is 0 Å². The van der Waals surface area contributed by atoms with Crippen LogP contribution in [0, 0.1) is 17.2 Å². The third-order valence-electron chi connectivity index (χ3n) is 3.54. The normalized spacial score (nSPS) is 20.3. The van der Waals surface area contributed by atoms with Gasteiger partial charge in [0, 0.05) is 18.7 Å². The van der Waals surface area contributed by atoms with Crippen molar-refractivity contribution in [1.82, 2.24) is 4.90 Å². The molecule has 0 bridgehead atoms. The van der Waals surface area contributed by atoms with Gasteiger partial charge in [0.1, 0.15) is 0 Å². The summed E-state index contributed by atoms with van der Waals surface area (Å²) in [6, 6.07) is 12.8. The van der Waals surface area contributed by atoms with Gasteiger partial charge in [0.25, 0.3) is 0 Å². The number of nitriles is 1. The molecular weight excluding hydrogens is 220 g/mol. The summed E-state index contributed by atoms with van der Waals surface area (Å²) in [5, 5.41) is 8.79. The van der Waals surface area contributed by atoms with Crippen molar-refractivity contribution in [1.29, 1.82) is 5.26 Å². The molecule has 1 heterocycles. The summed E-state index contributed by atoms with van der Waals surface area (Å²) < 4.78 is 0. The van der Waals surface area contributed by atoms with Gasteiger partial charge in [-0.05, 0) is 37.3 Å². The molecule has 0 N–H and O–H groups in total. The van der Waals surface area contributed by atoms with Crippen LogP contribution in [0.25, 0.3) is 0 Å². The van der Waals surface area contributed by atoms with Gasteiger partial charge in [0.15, 0.2) is 0 Å². The van der Waals surface area contributed by atoms with Gasteiger partial charge in [-0.2, -0.15) is 5.26 Å². The Balaban J connectivity index is 1.87. The molecule has 1 aromatic carbocycles. The third kappa shape index (κ3) is 3.72. The summed E-state index contributed by atoms with van der Waals surface area (Å²) >= 11 is 0. The number of piperidine rings is 1. The molecule has 18 heavy (non-hydrogen) atoms. The Morgan fingerprint density at radius 3 is 2.89 bits per heavy atom. The lowest BCUT2D eigenvalue weighted by atomic mass is 9.91. The second-order valence-corrected chi connectivity index (χ2v) is 5.15. The lowest BCUT2D eigenvalue weighted by Crippen LogP contribution is -2.37. The van der Waals surface area contributed by atoms with E-state index in [1.54, 1.807) is 0 Å². The summed E-state index contributed by atoms with van der Waals surface area (Å²) in [6.07, 6.45) is 3.68. The first-order chi connectivity index (χ1) is 8.78. The van der Waals surface area contributed by atoms with Gasteiger partial charge in [0.05, 0.1) is 6.07 Å². The van der Waals surface area contributed by atoms with Gasteiger partial charge >= 0.3 is 0 Å². The van der Waals surface area contributed by atoms with E-state index in [1.165, 1.54) is 18.4 Å². The number of benzene rings is 1. The molecule has 0 saturated carbocycles. The van der Waals surface area contributed by atoms with E-state index in [4.69, 9.17) is 5.26 Å². The lowest BCUT2D eigenvalue weighted by molar-refractivity contribution is 0.188. The van der Waals surface area contributed by atoms with E-state index in [-0.39, 0.29) is 0 Å². The molecule has 94 valence electrons. The topological polar surface area (TPSA) is 27.0 Å². The highest BCUT2D eigenvalue weighted by Crippen LogP contribution is 2.21. The molecule has 0 amide bonds. The Morgan fingerprint density at radius 1 is 1.39 bits per heavy atom. The first-order valence-electron chi connectivity index (χ1n) is 6.62. The van der Waals surface area contributed by atoms with E-state index in [9.17, 15) is 0 Å². The molecule has 1 saturated heterocycles. The average molecular weight is 240 g/mol. The Morgan fingerprint density at radius 2 is 2.17 bits per heavy atom. The number of likely N-dealkylation sites (tertiary alicyclic amines) is 1. The summed E-state index contributed by atoms with van der Waals surface area (Å²) in [6.45, 7) is 6.71. The molecular formula is C16H20N2. The van der Waals surface area contributed by atoms with E-state index in [0.29, 0.717) is 11.5 Å². The molecule has 1 unspecified atom stereocenters. The summed E-state index contributed by atoms with van der Waals surface area (Å²) in [4.78, 5) is 2.36. The molecule has 2 heteroatoms. The Hall–Kier alpha value is -1.59. The van der Waals surface area contributed by atoms with Crippen LogP contribution in [-0.4, -0.2) is 24.5 Å². The second kappa shape index (κ2) is 6.37. The zero-order valence-corrected chi connectivity index (χ0v) is 10.8. The van der Waals surface area contributed by atoms with E-state index in [1.807, 2.05) is 0 Å². The molecule has 1 aromatic rings. The predicted molar refractivity (Wildman–Crippen MR) is 74.1 cm³/mol. The molecule has 0 aliphatic carbocycles. The number of nitrogens with zero attached hydrogens (tertiary/aromatic N) is 2. The fraction of sp³-hybridized carbons (Fsp3) is 0.438. The minimum absolute atomic E-state index is 0.676. The van der Waals surface area contributed by atoms with Gasteiger partial charge in [0.2, 0.25) is 0 Å². The SMILES string of the molecule is C=C(C#N)CN1CCCC(Cc2ccccc2)C1. The van der Waals surface area contributed by atoms with Crippen LogP contribution in [0.2, 0.25) is 0 Å². The average Bonchev–Trinajstić information content (AvgIpc) is 2.40. The fourth-order valence-corrected chi connectivity index (χ4v) is 2.71. The van der Waals surface area contributed by atoms with E-state index in [2.05, 4.69) is 47.9 Å². The molecule has 0 radical (unpaired) electrons. The molecule has 1 atom stereocenters. The molecule has 0 aromatic heterocycles. The Bertz CT molecular complexity index is 430. The van der Waals surface area contributed by atoms with Crippen molar-refractivity contribution in [2.45, 2.75) is 19.3 Å². The highest BCUT2D eigenvalue weighted by Gasteiger charge is 2.20. The third-order valence-corrected chi connectivity index (χ3v) is 3.54. The first kappa shape index (κ1) is 12.9. The van der Waals surface area contributed by atoms with Gasteiger partial charge in [-0.25, -0.2) is 0 Å². The summed E-state index contributed by atoms with van der Waals surface area (Å²) in [5.74, 6) is 0.715. The molecule has 0 spiro atoms. The molecule has 1 aliphatic rings. The molecule has 1 aliphatic heterocycles. The van der Waals surface area contributed by atoms with Crippen LogP contribution in [0.5, 0.6) is 0 Å². The highest BCUT2D eigenvalue weighted by molar-refractivity contribution is 5.18. The van der Waals surface area contributed by atoms with Crippen molar-refractivity contribution in [3.05, 3.63) is 48.0 Å². The quantitative estimate of drug-likeness (QED) is 0.756. The van der Waals surface area contributed by atoms with E-state index >= 15 is 0 Å². The Labute approximate surface area is 110 Å². The van der Waals surface area contributed by atoms with Gasteiger partial charge in [-0.3, -0.25) is 4.90 Å². The van der Waals surface area contributed by atoms with Crippen LogP contribution < -0.4 is 0 Å². The van der Waals surface area contributed by atoms with E-state index in [0.717, 1.165) is 26.1 Å². The zero-order chi connectivity index (χ0) is 12.8. The second-order valence-electron chi connectivity index (χ2n) is 5.15. The number of hydrogen-bond donors (Lipinski definition) is 0. The first-order valence-corrected chi connectivity index (χ1v) is 6.62. The smallest absolute Gasteiger partial charge is 0.0954 e. The molecule has 2 rings (SSSR count). The largest absolute Gasteiger partial charge is 0.298 e. The minimum atomic E-state index is 0.676. The molecule has 1 fully saturated rings. The van der Waals surface area contributed by atoms with Gasteiger partial charge in [-0.15, -0.1) is 0 Å². The highest BCUT2D eigenvalue weighted by atomic mass is 15.1. The van der Waals surface area contributed by atoms with Crippen molar-refractivity contribution in [2.75, 3.05) is 19.6 Å². The predicted octanol–water partition coefficient (Wildman–Crippen LogP) is 3.02. The zero-order valence-electron chi connectivity index (χ0n) is 10.8. The maximum atomic E-state index is 8.79. The van der Waals surface area contributed by atoms with Crippen molar-refractivity contribution < 1.29 is 0 Å². The van der Waals surface area contributed by atoms with Crippen molar-refractivity contribution in [3.63, 3.8) is 0 Å². The van der Waals surface area contributed by atoms with Crippen LogP contribution in [0.15, 0.2) is 42.5 Å². The maximum Gasteiger partial charge on any atom is 0.0954 e. The van der Waals surface area contributed by atoms with Crippen molar-refractivity contribution in [2.24, 2.45) is 5.92 Å². The lowest BCUT2D eigenvalue weighted by Gasteiger charge is -2.32. The van der Waals surface area contributed by atoms with E-state index < -0.39 is 0 Å². The van der Waals surface area contributed by atoms with Crippen molar-refractivity contribution in [3.8, 4) is 6.07 Å². The van der Waals surface area contributed by atoms with Crippen LogP contribution in [0.3, 0.4) is 0 Å². The van der Waals surface area contributed by atoms with Crippen LogP contribution in [-0.2, 0) is 6.42 Å². The van der Waals surface area contributed by atoms with Crippen LogP contribution in [0.1, 0.15) is 18.4 Å².